The van der Waals surface area contributed by atoms with E-state index in [0.29, 0.717) is 13.0 Å². The molecule has 1 aliphatic carbocycles. The van der Waals surface area contributed by atoms with Gasteiger partial charge in [0, 0.05) is 13.1 Å². The summed E-state index contributed by atoms with van der Waals surface area (Å²) in [5, 5.41) is 7.92. The molecule has 0 bridgehead atoms. The fraction of sp³-hybridized carbons (Fsp3) is 0.758. The minimum absolute atomic E-state index is 0.0119. The molecule has 4 amide bonds. The van der Waals surface area contributed by atoms with Crippen molar-refractivity contribution in [1.82, 2.24) is 20.9 Å². The molecule has 0 aromatic heterocycles. The molecule has 12 heteroatoms. The lowest BCUT2D eigenvalue weighted by atomic mass is 9.87. The number of amides is 4. The quantitative estimate of drug-likeness (QED) is 0.158. The number of hydrogen-bond acceptors (Lipinski definition) is 8. The maximum atomic E-state index is 14.1. The van der Waals surface area contributed by atoms with E-state index in [9.17, 15) is 28.8 Å². The Labute approximate surface area is 267 Å². The molecule has 0 aromatic rings. The molecule has 4 atom stereocenters. The highest BCUT2D eigenvalue weighted by molar-refractivity contribution is 6.38. The van der Waals surface area contributed by atoms with Crippen molar-refractivity contribution < 1.29 is 38.2 Å². The molecule has 2 rings (SSSR count). The van der Waals surface area contributed by atoms with E-state index in [1.54, 1.807) is 41.5 Å². The number of ether oxygens (including phenoxy) is 2. The molecule has 1 saturated heterocycles. The summed E-state index contributed by atoms with van der Waals surface area (Å²) in [6.45, 7) is 18.2. The van der Waals surface area contributed by atoms with Gasteiger partial charge in [-0.25, -0.2) is 4.79 Å². The fourth-order valence-corrected chi connectivity index (χ4v) is 5.95. The molecule has 2 fully saturated rings. The zero-order valence-electron chi connectivity index (χ0n) is 28.3. The Morgan fingerprint density at radius 1 is 0.911 bits per heavy atom. The topological polar surface area (TPSA) is 160 Å². The van der Waals surface area contributed by atoms with E-state index >= 15 is 0 Å². The van der Waals surface area contributed by atoms with Crippen LogP contribution in [0.15, 0.2) is 12.7 Å². The lowest BCUT2D eigenvalue weighted by Crippen LogP contribution is -2.59. The van der Waals surface area contributed by atoms with Crippen molar-refractivity contribution in [3.63, 3.8) is 0 Å². The fourth-order valence-electron chi connectivity index (χ4n) is 5.95. The molecular weight excluding hydrogens is 580 g/mol. The average molecular weight is 635 g/mol. The Morgan fingerprint density at radius 3 is 2.04 bits per heavy atom. The van der Waals surface area contributed by atoms with Crippen LogP contribution in [0.1, 0.15) is 100 Å². The first-order valence-corrected chi connectivity index (χ1v) is 16.1. The van der Waals surface area contributed by atoms with Crippen molar-refractivity contribution in [2.75, 3.05) is 13.1 Å². The zero-order valence-corrected chi connectivity index (χ0v) is 28.3. The van der Waals surface area contributed by atoms with Crippen LogP contribution in [0.3, 0.4) is 0 Å². The van der Waals surface area contributed by atoms with Gasteiger partial charge in [0.25, 0.3) is 5.91 Å². The van der Waals surface area contributed by atoms with E-state index in [1.807, 2.05) is 13.8 Å². The van der Waals surface area contributed by atoms with Crippen LogP contribution in [0.2, 0.25) is 0 Å². The van der Waals surface area contributed by atoms with Gasteiger partial charge in [-0.05, 0) is 85.0 Å². The van der Waals surface area contributed by atoms with Gasteiger partial charge in [0.05, 0.1) is 6.42 Å². The average Bonchev–Trinajstić information content (AvgIpc) is 3.59. The van der Waals surface area contributed by atoms with E-state index in [2.05, 4.69) is 22.5 Å². The third kappa shape index (κ3) is 11.8. The standard InChI is InChI=1S/C33H54N4O8/c1-10-13-23(27(39)29(41)34-18-16-24(38)44-32(4,5)6)35-28(40)26-22(20(2)3)17-19-37(26)30(42)25(21-14-11-12-15-21)36-31(43)45-33(7,8)9/h10,20-23,25-26H,1,11-19H2,2-9H3,(H,34,41)(H,35,40)(H,36,43)/t22?,23?,25?,26-/m0/s1. The zero-order chi connectivity index (χ0) is 34.1. The molecule has 1 heterocycles. The van der Waals surface area contributed by atoms with Gasteiger partial charge in [0.15, 0.2) is 0 Å². The second-order valence-corrected chi connectivity index (χ2v) is 14.4. The second-order valence-electron chi connectivity index (χ2n) is 14.4. The number of likely N-dealkylation sites (tertiary alicyclic amines) is 1. The molecular formula is C33H54N4O8. The Kier molecular flexibility index (Phi) is 13.6. The molecule has 254 valence electrons. The van der Waals surface area contributed by atoms with E-state index < -0.39 is 59.0 Å². The van der Waals surface area contributed by atoms with Crippen molar-refractivity contribution in [2.45, 2.75) is 130 Å². The lowest BCUT2D eigenvalue weighted by Gasteiger charge is -2.34. The normalized spacial score (nSPS) is 20.2. The summed E-state index contributed by atoms with van der Waals surface area (Å²) in [4.78, 5) is 80.1. The van der Waals surface area contributed by atoms with Crippen LogP contribution in [-0.4, -0.2) is 82.9 Å². The summed E-state index contributed by atoms with van der Waals surface area (Å²) < 4.78 is 10.7. The van der Waals surface area contributed by atoms with Crippen LogP contribution in [0.4, 0.5) is 4.79 Å². The maximum absolute atomic E-state index is 14.1. The number of rotatable bonds is 13. The van der Waals surface area contributed by atoms with Crippen LogP contribution < -0.4 is 16.0 Å². The Bertz CT molecular complexity index is 1100. The number of esters is 1. The van der Waals surface area contributed by atoms with Crippen LogP contribution in [0.25, 0.3) is 0 Å². The van der Waals surface area contributed by atoms with Gasteiger partial charge in [-0.3, -0.25) is 24.0 Å². The largest absolute Gasteiger partial charge is 0.460 e. The van der Waals surface area contributed by atoms with Gasteiger partial charge < -0.3 is 30.3 Å². The summed E-state index contributed by atoms with van der Waals surface area (Å²) >= 11 is 0. The SMILES string of the molecule is C=CCC(NC(=O)[C@@H]1C(C(C)C)CCN1C(=O)C(NC(=O)OC(C)(C)C)C1CCCC1)C(=O)C(=O)NCCC(=O)OC(C)(C)C. The van der Waals surface area contributed by atoms with Crippen LogP contribution >= 0.6 is 0 Å². The number of hydrogen-bond donors (Lipinski definition) is 3. The van der Waals surface area contributed by atoms with Crippen LogP contribution in [0.5, 0.6) is 0 Å². The molecule has 0 radical (unpaired) electrons. The number of nitrogens with zero attached hydrogens (tertiary/aromatic N) is 1. The van der Waals surface area contributed by atoms with Crippen LogP contribution in [0, 0.1) is 17.8 Å². The predicted molar refractivity (Wildman–Crippen MR) is 169 cm³/mol. The van der Waals surface area contributed by atoms with E-state index in [-0.39, 0.29) is 43.0 Å². The highest BCUT2D eigenvalue weighted by Crippen LogP contribution is 2.34. The van der Waals surface area contributed by atoms with Crippen LogP contribution in [-0.2, 0) is 33.4 Å². The van der Waals surface area contributed by atoms with Gasteiger partial charge in [0.1, 0.15) is 29.3 Å². The number of nitrogens with one attached hydrogen (secondary N) is 3. The Balaban J connectivity index is 2.21. The first kappa shape index (κ1) is 37.7. The summed E-state index contributed by atoms with van der Waals surface area (Å²) in [5.74, 6) is -3.53. The molecule has 3 unspecified atom stereocenters. The first-order chi connectivity index (χ1) is 20.8. The van der Waals surface area contributed by atoms with E-state index in [0.717, 1.165) is 25.7 Å². The second kappa shape index (κ2) is 16.2. The van der Waals surface area contributed by atoms with E-state index in [4.69, 9.17) is 9.47 Å². The lowest BCUT2D eigenvalue weighted by molar-refractivity contribution is -0.154. The van der Waals surface area contributed by atoms with Crippen molar-refractivity contribution >= 4 is 35.6 Å². The number of ketones is 1. The summed E-state index contributed by atoms with van der Waals surface area (Å²) in [6, 6.07) is -2.98. The van der Waals surface area contributed by atoms with Gasteiger partial charge in [-0.2, -0.15) is 0 Å². The van der Waals surface area contributed by atoms with Gasteiger partial charge in [-0.1, -0.05) is 32.8 Å². The third-order valence-corrected chi connectivity index (χ3v) is 7.96. The van der Waals surface area contributed by atoms with Crippen molar-refractivity contribution in [3.8, 4) is 0 Å². The Hall–Kier alpha value is -3.44. The van der Waals surface area contributed by atoms with Gasteiger partial charge in [-0.15, -0.1) is 6.58 Å². The van der Waals surface area contributed by atoms with Crippen molar-refractivity contribution in [1.29, 1.82) is 0 Å². The molecule has 1 saturated carbocycles. The predicted octanol–water partition coefficient (Wildman–Crippen LogP) is 3.42. The minimum Gasteiger partial charge on any atom is -0.460 e. The molecule has 0 aromatic carbocycles. The van der Waals surface area contributed by atoms with E-state index in [1.165, 1.54) is 11.0 Å². The smallest absolute Gasteiger partial charge is 0.408 e. The van der Waals surface area contributed by atoms with Crippen molar-refractivity contribution in [2.24, 2.45) is 17.8 Å². The first-order valence-electron chi connectivity index (χ1n) is 16.1. The third-order valence-electron chi connectivity index (χ3n) is 7.96. The molecule has 1 aliphatic heterocycles. The molecule has 0 spiro atoms. The number of Topliss-reactive ketones (excluding diaryl/α,β-unsaturated/α-hetero) is 1. The molecule has 3 N–H and O–H groups in total. The maximum Gasteiger partial charge on any atom is 0.408 e. The van der Waals surface area contributed by atoms with Gasteiger partial charge in [0.2, 0.25) is 17.6 Å². The molecule has 12 nitrogen and oxygen atoms in total. The summed E-state index contributed by atoms with van der Waals surface area (Å²) in [5.41, 5.74) is -1.43. The van der Waals surface area contributed by atoms with Gasteiger partial charge >= 0.3 is 12.1 Å². The molecule has 2 aliphatic rings. The Morgan fingerprint density at radius 2 is 1.51 bits per heavy atom. The number of carbonyl (C=O) groups is 6. The number of alkyl carbamates (subject to hydrolysis) is 1. The molecule has 45 heavy (non-hydrogen) atoms. The summed E-state index contributed by atoms with van der Waals surface area (Å²) in [7, 11) is 0. The highest BCUT2D eigenvalue weighted by atomic mass is 16.6. The minimum atomic E-state index is -1.22. The monoisotopic (exact) mass is 634 g/mol. The highest BCUT2D eigenvalue weighted by Gasteiger charge is 2.47. The summed E-state index contributed by atoms with van der Waals surface area (Å²) in [6.07, 6.45) is 4.58. The van der Waals surface area contributed by atoms with Crippen molar-refractivity contribution in [3.05, 3.63) is 12.7 Å². The number of carbonyl (C=O) groups excluding carboxylic acids is 6.